The highest BCUT2D eigenvalue weighted by Crippen LogP contribution is 2.32. The molecule has 0 spiro atoms. The van der Waals surface area contributed by atoms with Crippen molar-refractivity contribution >= 4 is 23.2 Å². The van der Waals surface area contributed by atoms with Crippen LogP contribution in [0.3, 0.4) is 0 Å². The molecule has 124 valence electrons. The van der Waals surface area contributed by atoms with E-state index >= 15 is 0 Å². The highest BCUT2D eigenvalue weighted by molar-refractivity contribution is 6.05. The third-order valence-electron chi connectivity index (χ3n) is 4.04. The van der Waals surface area contributed by atoms with Crippen LogP contribution in [0.5, 0.6) is 5.75 Å². The predicted molar refractivity (Wildman–Crippen MR) is 93.5 cm³/mol. The van der Waals surface area contributed by atoms with Gasteiger partial charge in [-0.1, -0.05) is 24.3 Å². The van der Waals surface area contributed by atoms with Gasteiger partial charge in [-0.3, -0.25) is 14.5 Å². The lowest BCUT2D eigenvalue weighted by molar-refractivity contribution is -0.124. The minimum atomic E-state index is -0.203. The fourth-order valence-corrected chi connectivity index (χ4v) is 2.82. The minimum absolute atomic E-state index is 0.00137. The molecule has 0 bridgehead atoms. The van der Waals surface area contributed by atoms with Gasteiger partial charge in [0, 0.05) is 12.2 Å². The van der Waals surface area contributed by atoms with Crippen LogP contribution in [-0.4, -0.2) is 31.5 Å². The topological polar surface area (TPSA) is 49.9 Å². The molecule has 1 heterocycles. The van der Waals surface area contributed by atoms with Crippen LogP contribution in [0.2, 0.25) is 0 Å². The van der Waals surface area contributed by atoms with Crippen LogP contribution in [0.15, 0.2) is 48.5 Å². The average Bonchev–Trinajstić information content (AvgIpc) is 2.59. The Morgan fingerprint density at radius 3 is 2.67 bits per heavy atom. The molecule has 3 rings (SSSR count). The number of para-hydroxylation sites is 1. The molecule has 0 radical (unpaired) electrons. The molecule has 0 saturated carbocycles. The standard InChI is InChI=1S/C19H20N2O3/c1-3-20(15-7-5-4-6-8-15)18(22)12-21-16-11-14(2)9-10-17(16)24-13-19(21)23/h4-11H,3,12-13H2,1-2H3. The second-order valence-electron chi connectivity index (χ2n) is 5.71. The van der Waals surface area contributed by atoms with Crippen LogP contribution in [0.4, 0.5) is 11.4 Å². The van der Waals surface area contributed by atoms with E-state index in [1.807, 2.05) is 62.4 Å². The molecule has 5 heteroatoms. The molecule has 0 fully saturated rings. The number of anilines is 2. The van der Waals surface area contributed by atoms with Gasteiger partial charge in [-0.05, 0) is 43.7 Å². The largest absolute Gasteiger partial charge is 0.482 e. The third-order valence-corrected chi connectivity index (χ3v) is 4.04. The second-order valence-corrected chi connectivity index (χ2v) is 5.71. The molecule has 2 amide bonds. The quantitative estimate of drug-likeness (QED) is 0.869. The summed E-state index contributed by atoms with van der Waals surface area (Å²) in [5.41, 5.74) is 2.50. The lowest BCUT2D eigenvalue weighted by atomic mass is 10.1. The fraction of sp³-hybridized carbons (Fsp3) is 0.263. The lowest BCUT2D eigenvalue weighted by Crippen LogP contribution is -2.46. The fourth-order valence-electron chi connectivity index (χ4n) is 2.82. The van der Waals surface area contributed by atoms with Crippen LogP contribution in [0.1, 0.15) is 12.5 Å². The molecule has 0 atom stereocenters. The van der Waals surface area contributed by atoms with Crippen molar-refractivity contribution in [2.75, 3.05) is 29.5 Å². The van der Waals surface area contributed by atoms with Crippen molar-refractivity contribution in [3.05, 3.63) is 54.1 Å². The number of hydrogen-bond acceptors (Lipinski definition) is 3. The molecule has 5 nitrogen and oxygen atoms in total. The average molecular weight is 324 g/mol. The van der Waals surface area contributed by atoms with Gasteiger partial charge in [0.1, 0.15) is 12.3 Å². The number of hydrogen-bond donors (Lipinski definition) is 0. The summed E-state index contributed by atoms with van der Waals surface area (Å²) >= 11 is 0. The van der Waals surface area contributed by atoms with Crippen LogP contribution in [0, 0.1) is 6.92 Å². The van der Waals surface area contributed by atoms with Gasteiger partial charge in [-0.25, -0.2) is 0 Å². The Bertz CT molecular complexity index is 758. The summed E-state index contributed by atoms with van der Waals surface area (Å²) in [7, 11) is 0. The number of likely N-dealkylation sites (N-methyl/N-ethyl adjacent to an activating group) is 1. The number of fused-ring (bicyclic) bond motifs is 1. The number of nitrogens with zero attached hydrogens (tertiary/aromatic N) is 2. The van der Waals surface area contributed by atoms with Crippen LogP contribution >= 0.6 is 0 Å². The Morgan fingerprint density at radius 2 is 1.96 bits per heavy atom. The third kappa shape index (κ3) is 3.11. The molecule has 0 aliphatic carbocycles. The summed E-state index contributed by atoms with van der Waals surface area (Å²) in [6.45, 7) is 4.37. The predicted octanol–water partition coefficient (Wildman–Crippen LogP) is 2.77. The van der Waals surface area contributed by atoms with Gasteiger partial charge < -0.3 is 9.64 Å². The van der Waals surface area contributed by atoms with E-state index in [4.69, 9.17) is 4.74 Å². The molecule has 0 N–H and O–H groups in total. The maximum atomic E-state index is 12.8. The number of carbonyl (C=O) groups is 2. The molecule has 0 saturated heterocycles. The molecular weight excluding hydrogens is 304 g/mol. The lowest BCUT2D eigenvalue weighted by Gasteiger charge is -2.31. The number of benzene rings is 2. The first-order valence-corrected chi connectivity index (χ1v) is 7.99. The first-order valence-electron chi connectivity index (χ1n) is 7.99. The summed E-state index contributed by atoms with van der Waals surface area (Å²) in [5, 5.41) is 0. The molecule has 2 aromatic rings. The summed E-state index contributed by atoms with van der Waals surface area (Å²) in [6.07, 6.45) is 0. The minimum Gasteiger partial charge on any atom is -0.482 e. The molecule has 2 aromatic carbocycles. The van der Waals surface area contributed by atoms with Crippen molar-refractivity contribution in [2.24, 2.45) is 0 Å². The highest BCUT2D eigenvalue weighted by atomic mass is 16.5. The van der Waals surface area contributed by atoms with Gasteiger partial charge >= 0.3 is 0 Å². The van der Waals surface area contributed by atoms with Crippen molar-refractivity contribution in [3.63, 3.8) is 0 Å². The zero-order chi connectivity index (χ0) is 17.1. The first-order chi connectivity index (χ1) is 11.6. The van der Waals surface area contributed by atoms with Crippen LogP contribution in [-0.2, 0) is 9.59 Å². The SMILES string of the molecule is CCN(C(=O)CN1C(=O)COc2ccc(C)cc21)c1ccccc1. The van der Waals surface area contributed by atoms with Gasteiger partial charge in [0.05, 0.1) is 5.69 Å². The van der Waals surface area contributed by atoms with Crippen molar-refractivity contribution in [3.8, 4) is 5.75 Å². The zero-order valence-corrected chi connectivity index (χ0v) is 13.9. The number of aryl methyl sites for hydroxylation is 1. The maximum absolute atomic E-state index is 12.8. The molecule has 0 unspecified atom stereocenters. The van der Waals surface area contributed by atoms with E-state index in [1.165, 1.54) is 4.90 Å². The number of ether oxygens (including phenoxy) is 1. The van der Waals surface area contributed by atoms with Crippen molar-refractivity contribution in [1.29, 1.82) is 0 Å². The van der Waals surface area contributed by atoms with E-state index in [2.05, 4.69) is 0 Å². The monoisotopic (exact) mass is 324 g/mol. The number of carbonyl (C=O) groups excluding carboxylic acids is 2. The van der Waals surface area contributed by atoms with Gasteiger partial charge in [0.2, 0.25) is 5.91 Å². The van der Waals surface area contributed by atoms with Gasteiger partial charge in [-0.15, -0.1) is 0 Å². The van der Waals surface area contributed by atoms with E-state index in [1.54, 1.807) is 4.90 Å². The summed E-state index contributed by atoms with van der Waals surface area (Å²) in [5.74, 6) is 0.313. The first kappa shape index (κ1) is 16.1. The van der Waals surface area contributed by atoms with E-state index in [0.29, 0.717) is 18.0 Å². The Balaban J connectivity index is 1.86. The Kier molecular flexibility index (Phi) is 4.51. The summed E-state index contributed by atoms with van der Waals surface area (Å²) in [4.78, 5) is 28.2. The molecule has 1 aliphatic rings. The summed E-state index contributed by atoms with van der Waals surface area (Å²) < 4.78 is 5.46. The smallest absolute Gasteiger partial charge is 0.265 e. The van der Waals surface area contributed by atoms with Gasteiger partial charge in [0.25, 0.3) is 5.91 Å². The summed E-state index contributed by atoms with van der Waals surface area (Å²) in [6, 6.07) is 15.1. The highest BCUT2D eigenvalue weighted by Gasteiger charge is 2.29. The molecule has 24 heavy (non-hydrogen) atoms. The van der Waals surface area contributed by atoms with Crippen LogP contribution in [0.25, 0.3) is 0 Å². The Hall–Kier alpha value is -2.82. The molecule has 0 aromatic heterocycles. The van der Waals surface area contributed by atoms with E-state index in [-0.39, 0.29) is 25.0 Å². The molecular formula is C19H20N2O3. The normalized spacial score (nSPS) is 13.2. The Labute approximate surface area is 141 Å². The number of amides is 2. The molecule has 1 aliphatic heterocycles. The van der Waals surface area contributed by atoms with Crippen molar-refractivity contribution in [2.45, 2.75) is 13.8 Å². The van der Waals surface area contributed by atoms with Crippen molar-refractivity contribution < 1.29 is 14.3 Å². The second kappa shape index (κ2) is 6.74. The zero-order valence-electron chi connectivity index (χ0n) is 13.9. The number of rotatable bonds is 4. The van der Waals surface area contributed by atoms with Gasteiger partial charge in [-0.2, -0.15) is 0 Å². The van der Waals surface area contributed by atoms with E-state index in [9.17, 15) is 9.59 Å². The van der Waals surface area contributed by atoms with Gasteiger partial charge in [0.15, 0.2) is 6.61 Å². The van der Waals surface area contributed by atoms with Crippen LogP contribution < -0.4 is 14.5 Å². The van der Waals surface area contributed by atoms with Crippen molar-refractivity contribution in [1.82, 2.24) is 0 Å². The van der Waals surface area contributed by atoms with E-state index in [0.717, 1.165) is 11.3 Å². The Morgan fingerprint density at radius 1 is 1.21 bits per heavy atom. The van der Waals surface area contributed by atoms with E-state index < -0.39 is 0 Å². The maximum Gasteiger partial charge on any atom is 0.265 e.